The molecule has 0 aliphatic carbocycles. The van der Waals surface area contributed by atoms with Crippen molar-refractivity contribution in [2.75, 3.05) is 32.8 Å². The molecule has 1 unspecified atom stereocenters. The molecule has 0 spiro atoms. The van der Waals surface area contributed by atoms with Gasteiger partial charge in [0.2, 0.25) is 15.9 Å². The zero-order valence-electron chi connectivity index (χ0n) is 18.7. The molecule has 2 amide bonds. The fourth-order valence-corrected chi connectivity index (χ4v) is 5.68. The second-order valence-electron chi connectivity index (χ2n) is 7.98. The lowest BCUT2D eigenvalue weighted by Gasteiger charge is -2.37. The number of amides is 2. The van der Waals surface area contributed by atoms with E-state index >= 15 is 0 Å². The number of fused-ring (bicyclic) bond motifs is 1. The van der Waals surface area contributed by atoms with E-state index in [0.717, 1.165) is 5.56 Å². The molecule has 0 aromatic heterocycles. The standard InChI is InChI=1S/C24H27N3O5S/c1-4-32-19-9-11-20(12-10-19)33(30,31)26-15-13-25(14-16-26)23(28)18(3)27-17(2)21-7-5-6-8-22(21)24(27)29/h5-12,18H,2,4,13-16H2,1,3H3. The van der Waals surface area contributed by atoms with Gasteiger partial charge in [0, 0.05) is 43.0 Å². The predicted molar refractivity (Wildman–Crippen MR) is 124 cm³/mol. The van der Waals surface area contributed by atoms with Gasteiger partial charge in [-0.3, -0.25) is 14.5 Å². The second-order valence-corrected chi connectivity index (χ2v) is 9.92. The highest BCUT2D eigenvalue weighted by Crippen LogP contribution is 2.33. The number of nitrogens with zero attached hydrogens (tertiary/aromatic N) is 3. The lowest BCUT2D eigenvalue weighted by atomic mass is 10.1. The van der Waals surface area contributed by atoms with Gasteiger partial charge in [-0.15, -0.1) is 0 Å². The molecule has 1 saturated heterocycles. The van der Waals surface area contributed by atoms with E-state index in [4.69, 9.17) is 4.74 Å². The van der Waals surface area contributed by atoms with Crippen LogP contribution in [0.3, 0.4) is 0 Å². The maximum absolute atomic E-state index is 13.2. The molecule has 4 rings (SSSR count). The zero-order valence-corrected chi connectivity index (χ0v) is 19.5. The smallest absolute Gasteiger partial charge is 0.259 e. The number of piperazine rings is 1. The summed E-state index contributed by atoms with van der Waals surface area (Å²) in [5.74, 6) is 0.143. The third-order valence-electron chi connectivity index (χ3n) is 6.05. The van der Waals surface area contributed by atoms with Gasteiger partial charge in [-0.05, 0) is 44.2 Å². The SMILES string of the molecule is C=C1c2ccccc2C(=O)N1C(C)C(=O)N1CCN(S(=O)(=O)c2ccc(OCC)cc2)CC1. The number of benzene rings is 2. The maximum Gasteiger partial charge on any atom is 0.259 e. The van der Waals surface area contributed by atoms with Gasteiger partial charge < -0.3 is 9.64 Å². The Labute approximate surface area is 194 Å². The van der Waals surface area contributed by atoms with E-state index in [1.165, 1.54) is 21.3 Å². The van der Waals surface area contributed by atoms with E-state index in [1.807, 2.05) is 19.1 Å². The van der Waals surface area contributed by atoms with E-state index in [-0.39, 0.29) is 42.9 Å². The van der Waals surface area contributed by atoms with Gasteiger partial charge in [-0.1, -0.05) is 24.8 Å². The first kappa shape index (κ1) is 23.0. The molecule has 33 heavy (non-hydrogen) atoms. The van der Waals surface area contributed by atoms with Crippen molar-refractivity contribution < 1.29 is 22.7 Å². The molecule has 2 aliphatic heterocycles. The average Bonchev–Trinajstić information content (AvgIpc) is 3.09. The summed E-state index contributed by atoms with van der Waals surface area (Å²) in [5, 5.41) is 0. The Morgan fingerprint density at radius 1 is 1.03 bits per heavy atom. The molecule has 1 atom stereocenters. The Kier molecular flexibility index (Phi) is 6.27. The highest BCUT2D eigenvalue weighted by atomic mass is 32.2. The largest absolute Gasteiger partial charge is 0.494 e. The van der Waals surface area contributed by atoms with E-state index in [1.54, 1.807) is 36.1 Å². The second kappa shape index (κ2) is 8.99. The van der Waals surface area contributed by atoms with Crippen LogP contribution in [0, 0.1) is 0 Å². The van der Waals surface area contributed by atoms with Gasteiger partial charge in [0.1, 0.15) is 11.8 Å². The van der Waals surface area contributed by atoms with Crippen LogP contribution in [0.25, 0.3) is 5.70 Å². The number of carbonyl (C=O) groups is 2. The zero-order chi connectivity index (χ0) is 23.8. The van der Waals surface area contributed by atoms with Crippen LogP contribution in [-0.2, 0) is 14.8 Å². The number of carbonyl (C=O) groups excluding carboxylic acids is 2. The Morgan fingerprint density at radius 3 is 2.21 bits per heavy atom. The predicted octanol–water partition coefficient (Wildman–Crippen LogP) is 2.43. The summed E-state index contributed by atoms with van der Waals surface area (Å²) in [6.07, 6.45) is 0. The molecule has 2 aromatic rings. The first-order chi connectivity index (χ1) is 15.8. The summed E-state index contributed by atoms with van der Waals surface area (Å²) < 4.78 is 32.8. The lowest BCUT2D eigenvalue weighted by Crippen LogP contribution is -2.55. The first-order valence-electron chi connectivity index (χ1n) is 10.9. The third kappa shape index (κ3) is 4.14. The number of sulfonamides is 1. The van der Waals surface area contributed by atoms with Gasteiger partial charge in [0.25, 0.3) is 5.91 Å². The van der Waals surface area contributed by atoms with Crippen molar-refractivity contribution in [2.45, 2.75) is 24.8 Å². The molecule has 1 fully saturated rings. The van der Waals surface area contributed by atoms with E-state index in [2.05, 4.69) is 6.58 Å². The monoisotopic (exact) mass is 469 g/mol. The summed E-state index contributed by atoms with van der Waals surface area (Å²) in [4.78, 5) is 29.2. The van der Waals surface area contributed by atoms with Crippen LogP contribution in [-0.4, -0.2) is 73.2 Å². The van der Waals surface area contributed by atoms with Gasteiger partial charge in [-0.25, -0.2) is 8.42 Å². The number of rotatable bonds is 6. The van der Waals surface area contributed by atoms with Gasteiger partial charge in [0.15, 0.2) is 0 Å². The summed E-state index contributed by atoms with van der Waals surface area (Å²) in [5.41, 5.74) is 1.77. The first-order valence-corrected chi connectivity index (χ1v) is 12.3. The fraction of sp³-hybridized carbons (Fsp3) is 0.333. The van der Waals surface area contributed by atoms with E-state index in [9.17, 15) is 18.0 Å². The van der Waals surface area contributed by atoms with Crippen molar-refractivity contribution in [2.24, 2.45) is 0 Å². The highest BCUT2D eigenvalue weighted by molar-refractivity contribution is 7.89. The van der Waals surface area contributed by atoms with Crippen LogP contribution >= 0.6 is 0 Å². The molecule has 2 aromatic carbocycles. The van der Waals surface area contributed by atoms with Crippen molar-refractivity contribution in [3.63, 3.8) is 0 Å². The van der Waals surface area contributed by atoms with Crippen molar-refractivity contribution in [1.29, 1.82) is 0 Å². The van der Waals surface area contributed by atoms with Crippen molar-refractivity contribution in [1.82, 2.24) is 14.1 Å². The third-order valence-corrected chi connectivity index (χ3v) is 7.96. The minimum Gasteiger partial charge on any atom is -0.494 e. The minimum absolute atomic E-state index is 0.184. The number of hydrogen-bond donors (Lipinski definition) is 0. The summed E-state index contributed by atoms with van der Waals surface area (Å²) in [7, 11) is -3.67. The van der Waals surface area contributed by atoms with Crippen molar-refractivity contribution >= 4 is 27.5 Å². The van der Waals surface area contributed by atoms with Gasteiger partial charge in [-0.2, -0.15) is 4.31 Å². The topological polar surface area (TPSA) is 87.2 Å². The Bertz CT molecular complexity index is 1150. The lowest BCUT2D eigenvalue weighted by molar-refractivity contribution is -0.135. The average molecular weight is 470 g/mol. The van der Waals surface area contributed by atoms with Crippen LogP contribution in [0.2, 0.25) is 0 Å². The Morgan fingerprint density at radius 2 is 1.64 bits per heavy atom. The van der Waals surface area contributed by atoms with E-state index < -0.39 is 16.1 Å². The fourth-order valence-electron chi connectivity index (χ4n) is 4.26. The molecular formula is C24H27N3O5S. The molecule has 8 nitrogen and oxygen atoms in total. The maximum atomic E-state index is 13.2. The molecule has 2 heterocycles. The molecular weight excluding hydrogens is 442 g/mol. The molecule has 0 N–H and O–H groups in total. The van der Waals surface area contributed by atoms with E-state index in [0.29, 0.717) is 23.6 Å². The molecule has 0 radical (unpaired) electrons. The molecule has 2 aliphatic rings. The quantitative estimate of drug-likeness (QED) is 0.649. The Balaban J connectivity index is 1.41. The number of hydrogen-bond acceptors (Lipinski definition) is 5. The van der Waals surface area contributed by atoms with Crippen LogP contribution in [0.1, 0.15) is 29.8 Å². The van der Waals surface area contributed by atoms with Crippen LogP contribution in [0.15, 0.2) is 60.0 Å². The van der Waals surface area contributed by atoms with Crippen LogP contribution < -0.4 is 4.74 Å². The molecule has 174 valence electrons. The molecule has 9 heteroatoms. The van der Waals surface area contributed by atoms with Crippen molar-refractivity contribution in [3.05, 3.63) is 66.2 Å². The van der Waals surface area contributed by atoms with Crippen LogP contribution in [0.4, 0.5) is 0 Å². The molecule has 0 bridgehead atoms. The summed E-state index contributed by atoms with van der Waals surface area (Å²) >= 11 is 0. The molecule has 0 saturated carbocycles. The van der Waals surface area contributed by atoms with Gasteiger partial charge in [0.05, 0.1) is 11.5 Å². The highest BCUT2D eigenvalue weighted by Gasteiger charge is 2.39. The summed E-state index contributed by atoms with van der Waals surface area (Å²) in [6, 6.07) is 12.8. The normalized spacial score (nSPS) is 17.8. The van der Waals surface area contributed by atoms with Crippen LogP contribution in [0.5, 0.6) is 5.75 Å². The van der Waals surface area contributed by atoms with Gasteiger partial charge >= 0.3 is 0 Å². The van der Waals surface area contributed by atoms with Crippen molar-refractivity contribution in [3.8, 4) is 5.75 Å². The number of ether oxygens (including phenoxy) is 1. The minimum atomic E-state index is -3.67. The summed E-state index contributed by atoms with van der Waals surface area (Å²) in [6.45, 7) is 8.92. The Hall–Kier alpha value is -3.17.